The van der Waals surface area contributed by atoms with Crippen LogP contribution >= 0.6 is 0 Å². The molecule has 4 heteroatoms. The Morgan fingerprint density at radius 1 is 1.24 bits per heavy atom. The molecular formula is C17H25N3O. The first kappa shape index (κ1) is 14.4. The highest BCUT2D eigenvalue weighted by Crippen LogP contribution is 2.26. The Morgan fingerprint density at radius 3 is 2.62 bits per heavy atom. The second-order valence-electron chi connectivity index (χ2n) is 6.58. The maximum absolute atomic E-state index is 12.6. The lowest BCUT2D eigenvalue weighted by atomic mass is 10.1. The first-order valence-corrected chi connectivity index (χ1v) is 7.99. The third-order valence-electron chi connectivity index (χ3n) is 4.38. The summed E-state index contributed by atoms with van der Waals surface area (Å²) in [6.07, 6.45) is 0.821. The molecule has 1 amide bonds. The number of nitrogens with one attached hydrogen (secondary N) is 1. The first-order valence-electron chi connectivity index (χ1n) is 7.99. The van der Waals surface area contributed by atoms with Gasteiger partial charge in [-0.3, -0.25) is 9.69 Å². The minimum Gasteiger partial charge on any atom is -0.373 e. The fourth-order valence-corrected chi connectivity index (χ4v) is 3.33. The number of para-hydroxylation sites is 1. The zero-order valence-corrected chi connectivity index (χ0v) is 13.0. The van der Waals surface area contributed by atoms with Gasteiger partial charge in [-0.1, -0.05) is 32.0 Å². The van der Waals surface area contributed by atoms with E-state index in [-0.39, 0.29) is 11.9 Å². The largest absolute Gasteiger partial charge is 0.373 e. The van der Waals surface area contributed by atoms with E-state index in [1.807, 2.05) is 17.0 Å². The molecule has 0 radical (unpaired) electrons. The second kappa shape index (κ2) is 6.06. The van der Waals surface area contributed by atoms with E-state index in [1.165, 1.54) is 5.56 Å². The Labute approximate surface area is 127 Å². The summed E-state index contributed by atoms with van der Waals surface area (Å²) in [6.45, 7) is 9.36. The van der Waals surface area contributed by atoms with Crippen LogP contribution in [-0.2, 0) is 11.2 Å². The molecule has 1 saturated heterocycles. The lowest BCUT2D eigenvalue weighted by Gasteiger charge is -2.36. The summed E-state index contributed by atoms with van der Waals surface area (Å²) in [6, 6.07) is 8.15. The number of hydrogen-bond acceptors (Lipinski definition) is 3. The van der Waals surface area contributed by atoms with Gasteiger partial charge in [0.05, 0.1) is 0 Å². The highest BCUT2D eigenvalue weighted by Gasteiger charge is 2.31. The van der Waals surface area contributed by atoms with Gasteiger partial charge in [-0.25, -0.2) is 0 Å². The minimum absolute atomic E-state index is 0.0703. The smallest absolute Gasteiger partial charge is 0.245 e. The summed E-state index contributed by atoms with van der Waals surface area (Å²) >= 11 is 0. The number of hydrogen-bond donors (Lipinski definition) is 1. The lowest BCUT2D eigenvalue weighted by molar-refractivity contribution is -0.133. The van der Waals surface area contributed by atoms with Gasteiger partial charge in [0.25, 0.3) is 0 Å². The number of benzene rings is 1. The predicted molar refractivity (Wildman–Crippen MR) is 85.4 cm³/mol. The molecule has 1 fully saturated rings. The number of carbonyl (C=O) groups excluding carboxylic acids is 1. The highest BCUT2D eigenvalue weighted by molar-refractivity contribution is 5.87. The molecule has 0 bridgehead atoms. The number of fused-ring (bicyclic) bond motifs is 1. The van der Waals surface area contributed by atoms with E-state index in [2.05, 4.69) is 36.2 Å². The van der Waals surface area contributed by atoms with E-state index >= 15 is 0 Å². The molecule has 0 saturated carbocycles. The van der Waals surface area contributed by atoms with Gasteiger partial charge in [0.15, 0.2) is 0 Å². The molecule has 0 aliphatic carbocycles. The van der Waals surface area contributed by atoms with Crippen molar-refractivity contribution in [3.8, 4) is 0 Å². The van der Waals surface area contributed by atoms with Gasteiger partial charge in [0.2, 0.25) is 5.91 Å². The third kappa shape index (κ3) is 3.21. The van der Waals surface area contributed by atoms with Crippen LogP contribution in [0, 0.1) is 5.92 Å². The van der Waals surface area contributed by atoms with Crippen molar-refractivity contribution in [2.45, 2.75) is 26.3 Å². The van der Waals surface area contributed by atoms with E-state index in [0.29, 0.717) is 5.92 Å². The Balaban J connectivity index is 1.54. The van der Waals surface area contributed by atoms with E-state index in [4.69, 9.17) is 0 Å². The van der Waals surface area contributed by atoms with Crippen molar-refractivity contribution in [1.82, 2.24) is 9.80 Å². The standard InChI is InChI=1S/C17H25N3O/c1-13(2)12-19-7-9-20(10-8-19)17(21)16-11-14-5-3-4-6-15(14)18-16/h3-6,13,16,18H,7-12H2,1-2H3. The van der Waals surface area contributed by atoms with Crippen LogP contribution in [0.15, 0.2) is 24.3 Å². The number of rotatable bonds is 3. The molecule has 2 aliphatic heterocycles. The van der Waals surface area contributed by atoms with Crippen molar-refractivity contribution in [3.05, 3.63) is 29.8 Å². The zero-order chi connectivity index (χ0) is 14.8. The fraction of sp³-hybridized carbons (Fsp3) is 0.588. The van der Waals surface area contributed by atoms with Crippen molar-refractivity contribution in [2.75, 3.05) is 38.0 Å². The summed E-state index contributed by atoms with van der Waals surface area (Å²) in [5.74, 6) is 0.952. The number of amides is 1. The van der Waals surface area contributed by atoms with Gasteiger partial charge in [-0.15, -0.1) is 0 Å². The molecule has 1 aromatic carbocycles. The molecule has 1 N–H and O–H groups in total. The van der Waals surface area contributed by atoms with Gasteiger partial charge in [0, 0.05) is 44.8 Å². The first-order chi connectivity index (χ1) is 10.1. The minimum atomic E-state index is -0.0703. The van der Waals surface area contributed by atoms with Crippen LogP contribution in [0.4, 0.5) is 5.69 Å². The van der Waals surface area contributed by atoms with Gasteiger partial charge < -0.3 is 10.2 Å². The van der Waals surface area contributed by atoms with Crippen LogP contribution < -0.4 is 5.32 Å². The summed E-state index contributed by atoms with van der Waals surface area (Å²) in [7, 11) is 0. The fourth-order valence-electron chi connectivity index (χ4n) is 3.33. The van der Waals surface area contributed by atoms with E-state index < -0.39 is 0 Å². The Hall–Kier alpha value is -1.55. The monoisotopic (exact) mass is 287 g/mol. The van der Waals surface area contributed by atoms with Crippen LogP contribution in [0.1, 0.15) is 19.4 Å². The molecule has 3 rings (SSSR count). The van der Waals surface area contributed by atoms with Crippen molar-refractivity contribution in [3.63, 3.8) is 0 Å². The Kier molecular flexibility index (Phi) is 4.15. The molecule has 1 unspecified atom stereocenters. The third-order valence-corrected chi connectivity index (χ3v) is 4.38. The summed E-state index contributed by atoms with van der Waals surface area (Å²) < 4.78 is 0. The Bertz CT molecular complexity index is 482. The average molecular weight is 287 g/mol. The van der Waals surface area contributed by atoms with Crippen molar-refractivity contribution in [2.24, 2.45) is 5.92 Å². The van der Waals surface area contributed by atoms with Crippen LogP contribution in [0.5, 0.6) is 0 Å². The molecule has 0 spiro atoms. The molecular weight excluding hydrogens is 262 g/mol. The van der Waals surface area contributed by atoms with Gasteiger partial charge in [0.1, 0.15) is 6.04 Å². The predicted octanol–water partition coefficient (Wildman–Crippen LogP) is 1.82. The maximum Gasteiger partial charge on any atom is 0.245 e. The molecule has 4 nitrogen and oxygen atoms in total. The average Bonchev–Trinajstić information content (AvgIpc) is 2.90. The van der Waals surface area contributed by atoms with E-state index in [9.17, 15) is 4.79 Å². The molecule has 0 aromatic heterocycles. The van der Waals surface area contributed by atoms with E-state index in [1.54, 1.807) is 0 Å². The summed E-state index contributed by atoms with van der Waals surface area (Å²) in [4.78, 5) is 17.1. The summed E-state index contributed by atoms with van der Waals surface area (Å²) in [5.41, 5.74) is 2.38. The van der Waals surface area contributed by atoms with Crippen LogP contribution in [0.25, 0.3) is 0 Å². The van der Waals surface area contributed by atoms with Gasteiger partial charge in [-0.05, 0) is 17.5 Å². The van der Waals surface area contributed by atoms with Crippen LogP contribution in [0.3, 0.4) is 0 Å². The number of anilines is 1. The SMILES string of the molecule is CC(C)CN1CCN(C(=O)C2Cc3ccccc3N2)CC1. The molecule has 2 aliphatic rings. The Morgan fingerprint density at radius 2 is 1.95 bits per heavy atom. The molecule has 2 heterocycles. The normalized spacial score (nSPS) is 22.2. The van der Waals surface area contributed by atoms with E-state index in [0.717, 1.165) is 44.8 Å². The molecule has 21 heavy (non-hydrogen) atoms. The quantitative estimate of drug-likeness (QED) is 0.921. The van der Waals surface area contributed by atoms with Crippen LogP contribution in [0.2, 0.25) is 0 Å². The maximum atomic E-state index is 12.6. The van der Waals surface area contributed by atoms with Gasteiger partial charge >= 0.3 is 0 Å². The van der Waals surface area contributed by atoms with Crippen molar-refractivity contribution >= 4 is 11.6 Å². The second-order valence-corrected chi connectivity index (χ2v) is 6.58. The zero-order valence-electron chi connectivity index (χ0n) is 13.0. The van der Waals surface area contributed by atoms with Crippen LogP contribution in [-0.4, -0.2) is 54.5 Å². The topological polar surface area (TPSA) is 35.6 Å². The number of piperazine rings is 1. The number of nitrogens with zero attached hydrogens (tertiary/aromatic N) is 2. The highest BCUT2D eigenvalue weighted by atomic mass is 16.2. The summed E-state index contributed by atoms with van der Waals surface area (Å²) in [5, 5.41) is 3.37. The number of carbonyl (C=O) groups is 1. The molecule has 1 atom stereocenters. The van der Waals surface area contributed by atoms with Gasteiger partial charge in [-0.2, -0.15) is 0 Å². The molecule has 114 valence electrons. The molecule has 1 aromatic rings. The lowest BCUT2D eigenvalue weighted by Crippen LogP contribution is -2.53. The van der Waals surface area contributed by atoms with Crippen molar-refractivity contribution < 1.29 is 4.79 Å². The van der Waals surface area contributed by atoms with Crippen molar-refractivity contribution in [1.29, 1.82) is 0 Å².